The van der Waals surface area contributed by atoms with Crippen molar-refractivity contribution < 1.29 is 14.3 Å². The number of methoxy groups -OCH3 is 1. The Bertz CT molecular complexity index is 1390. The Kier molecular flexibility index (Phi) is 6.36. The van der Waals surface area contributed by atoms with Gasteiger partial charge in [0.25, 0.3) is 5.91 Å². The molecule has 0 unspecified atom stereocenters. The Morgan fingerprint density at radius 2 is 1.92 bits per heavy atom. The van der Waals surface area contributed by atoms with Gasteiger partial charge < -0.3 is 15.0 Å². The summed E-state index contributed by atoms with van der Waals surface area (Å²) < 4.78 is 6.95. The molecule has 0 radical (unpaired) electrons. The van der Waals surface area contributed by atoms with Gasteiger partial charge in [-0.3, -0.25) is 14.3 Å². The monoisotopic (exact) mass is 500 g/mol. The molecular formula is C28H28N4O3S. The van der Waals surface area contributed by atoms with Crippen molar-refractivity contribution in [1.82, 2.24) is 20.0 Å². The van der Waals surface area contributed by atoms with E-state index in [4.69, 9.17) is 9.84 Å². The van der Waals surface area contributed by atoms with E-state index in [9.17, 15) is 9.59 Å². The van der Waals surface area contributed by atoms with E-state index in [2.05, 4.69) is 5.32 Å². The highest BCUT2D eigenvalue weighted by Crippen LogP contribution is 2.33. The van der Waals surface area contributed by atoms with Gasteiger partial charge in [-0.2, -0.15) is 5.10 Å². The fraction of sp³-hybridized carbons (Fsp3) is 0.250. The number of nitrogens with zero attached hydrogens (tertiary/aromatic N) is 3. The molecule has 3 heterocycles. The highest BCUT2D eigenvalue weighted by molar-refractivity contribution is 7.13. The van der Waals surface area contributed by atoms with Crippen LogP contribution in [0, 0.1) is 6.92 Å². The SMILES string of the molecule is COc1ccc(CN2C(=O)c3cc(-c4cccs4)nn3C[C@@]2(C)C(=O)NCc2cccc(C)c2)cc1. The summed E-state index contributed by atoms with van der Waals surface area (Å²) >= 11 is 1.57. The number of amides is 2. The van der Waals surface area contributed by atoms with Crippen molar-refractivity contribution in [2.24, 2.45) is 0 Å². The van der Waals surface area contributed by atoms with E-state index in [-0.39, 0.29) is 24.9 Å². The average Bonchev–Trinajstić information content (AvgIpc) is 3.56. The van der Waals surface area contributed by atoms with Crippen LogP contribution in [0.3, 0.4) is 0 Å². The van der Waals surface area contributed by atoms with Crippen molar-refractivity contribution in [2.75, 3.05) is 7.11 Å². The Morgan fingerprint density at radius 1 is 1.11 bits per heavy atom. The zero-order valence-corrected chi connectivity index (χ0v) is 21.3. The lowest BCUT2D eigenvalue weighted by Crippen LogP contribution is -2.63. The summed E-state index contributed by atoms with van der Waals surface area (Å²) in [6, 6.07) is 21.3. The number of nitrogens with one attached hydrogen (secondary N) is 1. The second kappa shape index (κ2) is 9.62. The van der Waals surface area contributed by atoms with Crippen molar-refractivity contribution in [3.8, 4) is 16.3 Å². The van der Waals surface area contributed by atoms with Crippen molar-refractivity contribution >= 4 is 23.2 Å². The lowest BCUT2D eigenvalue weighted by molar-refractivity contribution is -0.133. The van der Waals surface area contributed by atoms with E-state index in [1.54, 1.807) is 28.0 Å². The van der Waals surface area contributed by atoms with Gasteiger partial charge in [0.2, 0.25) is 5.91 Å². The maximum atomic E-state index is 13.8. The predicted octanol–water partition coefficient (Wildman–Crippen LogP) is 4.66. The minimum absolute atomic E-state index is 0.218. The van der Waals surface area contributed by atoms with Gasteiger partial charge in [0.15, 0.2) is 0 Å². The maximum absolute atomic E-state index is 13.8. The van der Waals surface area contributed by atoms with Crippen LogP contribution in [0.5, 0.6) is 5.75 Å². The summed E-state index contributed by atoms with van der Waals surface area (Å²) in [5.74, 6) is 0.298. The molecule has 1 N–H and O–H groups in total. The Balaban J connectivity index is 1.48. The number of aryl methyl sites for hydroxylation is 1. The summed E-state index contributed by atoms with van der Waals surface area (Å²) in [4.78, 5) is 30.2. The molecule has 1 atom stereocenters. The molecule has 36 heavy (non-hydrogen) atoms. The minimum Gasteiger partial charge on any atom is -0.497 e. The Labute approximate surface area is 214 Å². The first-order chi connectivity index (χ1) is 17.4. The summed E-state index contributed by atoms with van der Waals surface area (Å²) in [6.45, 7) is 4.77. The molecule has 2 aromatic carbocycles. The highest BCUT2D eigenvalue weighted by atomic mass is 32.1. The molecule has 0 bridgehead atoms. The van der Waals surface area contributed by atoms with Crippen molar-refractivity contribution in [2.45, 2.75) is 39.0 Å². The first-order valence-electron chi connectivity index (χ1n) is 11.8. The second-order valence-electron chi connectivity index (χ2n) is 9.23. The predicted molar refractivity (Wildman–Crippen MR) is 140 cm³/mol. The van der Waals surface area contributed by atoms with Crippen LogP contribution in [0.2, 0.25) is 0 Å². The van der Waals surface area contributed by atoms with Crippen LogP contribution in [0.4, 0.5) is 0 Å². The molecule has 1 aliphatic rings. The van der Waals surface area contributed by atoms with E-state index >= 15 is 0 Å². The molecule has 0 saturated heterocycles. The molecule has 0 aliphatic carbocycles. The van der Waals surface area contributed by atoms with Gasteiger partial charge in [-0.1, -0.05) is 48.0 Å². The molecule has 1 aliphatic heterocycles. The number of benzene rings is 2. The van der Waals surface area contributed by atoms with E-state index < -0.39 is 5.54 Å². The molecule has 8 heteroatoms. The van der Waals surface area contributed by atoms with Gasteiger partial charge in [0.05, 0.1) is 18.5 Å². The fourth-order valence-corrected chi connectivity index (χ4v) is 5.22. The average molecular weight is 501 g/mol. The topological polar surface area (TPSA) is 76.5 Å². The third-order valence-electron chi connectivity index (χ3n) is 6.60. The molecule has 7 nitrogen and oxygen atoms in total. The van der Waals surface area contributed by atoms with Gasteiger partial charge in [-0.05, 0) is 54.6 Å². The van der Waals surface area contributed by atoms with Crippen LogP contribution < -0.4 is 10.1 Å². The van der Waals surface area contributed by atoms with Gasteiger partial charge >= 0.3 is 0 Å². The molecule has 184 valence electrons. The number of aromatic nitrogens is 2. The third-order valence-corrected chi connectivity index (χ3v) is 7.49. The van der Waals surface area contributed by atoms with Crippen LogP contribution in [-0.2, 0) is 24.4 Å². The Morgan fingerprint density at radius 3 is 2.61 bits per heavy atom. The van der Waals surface area contributed by atoms with Gasteiger partial charge in [0.1, 0.15) is 22.7 Å². The van der Waals surface area contributed by atoms with Crippen LogP contribution in [-0.4, -0.2) is 39.1 Å². The number of ether oxygens (including phenoxy) is 1. The summed E-state index contributed by atoms with van der Waals surface area (Å²) in [5.41, 5.74) is 3.14. The number of rotatable bonds is 7. The molecule has 0 spiro atoms. The lowest BCUT2D eigenvalue weighted by atomic mass is 9.94. The van der Waals surface area contributed by atoms with Crippen LogP contribution >= 0.6 is 11.3 Å². The maximum Gasteiger partial charge on any atom is 0.273 e. The minimum atomic E-state index is -1.13. The first kappa shape index (κ1) is 23.8. The van der Waals surface area contributed by atoms with Crippen LogP contribution in [0.25, 0.3) is 10.6 Å². The normalized spacial score (nSPS) is 17.1. The van der Waals surface area contributed by atoms with Gasteiger partial charge in [-0.15, -0.1) is 11.3 Å². The van der Waals surface area contributed by atoms with E-state index in [0.29, 0.717) is 12.2 Å². The molecule has 0 saturated carbocycles. The van der Waals surface area contributed by atoms with Crippen LogP contribution in [0.15, 0.2) is 72.1 Å². The smallest absolute Gasteiger partial charge is 0.273 e. The molecule has 2 amide bonds. The second-order valence-corrected chi connectivity index (χ2v) is 10.2. The number of hydrogen-bond acceptors (Lipinski definition) is 5. The Hall–Kier alpha value is -3.91. The molecule has 4 aromatic rings. The first-order valence-corrected chi connectivity index (χ1v) is 12.7. The van der Waals surface area contributed by atoms with E-state index in [0.717, 1.165) is 33.0 Å². The molecule has 2 aromatic heterocycles. The highest BCUT2D eigenvalue weighted by Gasteiger charge is 2.48. The molecule has 0 fully saturated rings. The lowest BCUT2D eigenvalue weighted by Gasteiger charge is -2.43. The fourth-order valence-electron chi connectivity index (χ4n) is 4.54. The number of fused-ring (bicyclic) bond motifs is 1. The largest absolute Gasteiger partial charge is 0.497 e. The summed E-state index contributed by atoms with van der Waals surface area (Å²) in [5, 5.41) is 9.74. The van der Waals surface area contributed by atoms with Gasteiger partial charge in [-0.25, -0.2) is 0 Å². The summed E-state index contributed by atoms with van der Waals surface area (Å²) in [6.07, 6.45) is 0. The van der Waals surface area contributed by atoms with E-state index in [1.807, 2.05) is 86.0 Å². The molecule has 5 rings (SSSR count). The third kappa shape index (κ3) is 4.52. The van der Waals surface area contributed by atoms with Crippen molar-refractivity contribution in [3.63, 3.8) is 0 Å². The van der Waals surface area contributed by atoms with Crippen molar-refractivity contribution in [3.05, 3.63) is 94.5 Å². The standard InChI is InChI=1S/C28H28N4O3S/c1-19-6-4-7-21(14-19)16-29-27(34)28(2)18-32-24(15-23(30-32)25-8-5-13-36-25)26(33)31(28)17-20-9-11-22(35-3)12-10-20/h4-15H,16-18H2,1-3H3,(H,29,34)/t28-/m0/s1. The zero-order chi connectivity index (χ0) is 25.3. The molecular weight excluding hydrogens is 472 g/mol. The van der Waals surface area contributed by atoms with Crippen LogP contribution in [0.1, 0.15) is 34.1 Å². The van der Waals surface area contributed by atoms with Crippen molar-refractivity contribution in [1.29, 1.82) is 0 Å². The number of carbonyl (C=O) groups excluding carboxylic acids is 2. The number of hydrogen-bond donors (Lipinski definition) is 1. The zero-order valence-electron chi connectivity index (χ0n) is 20.5. The summed E-state index contributed by atoms with van der Waals surface area (Å²) in [7, 11) is 1.62. The number of thiophene rings is 1. The van der Waals surface area contributed by atoms with Gasteiger partial charge in [0, 0.05) is 13.1 Å². The van der Waals surface area contributed by atoms with E-state index in [1.165, 1.54) is 0 Å². The quantitative estimate of drug-likeness (QED) is 0.401. The number of carbonyl (C=O) groups is 2.